The highest BCUT2D eigenvalue weighted by Gasteiger charge is 2.33. The van der Waals surface area contributed by atoms with E-state index in [2.05, 4.69) is 20.4 Å². The van der Waals surface area contributed by atoms with Crippen molar-refractivity contribution in [1.82, 2.24) is 0 Å². The summed E-state index contributed by atoms with van der Waals surface area (Å²) in [4.78, 5) is 11.3. The lowest BCUT2D eigenvalue weighted by molar-refractivity contribution is -0.122. The van der Waals surface area contributed by atoms with E-state index >= 15 is 0 Å². The van der Waals surface area contributed by atoms with Crippen LogP contribution in [0.3, 0.4) is 0 Å². The molecule has 0 aliphatic heterocycles. The minimum Gasteiger partial charge on any atom is -0.299 e. The van der Waals surface area contributed by atoms with Crippen LogP contribution in [0.5, 0.6) is 0 Å². The van der Waals surface area contributed by atoms with Crippen LogP contribution in [0.15, 0.2) is 12.7 Å². The minimum absolute atomic E-state index is 0.257. The van der Waals surface area contributed by atoms with Gasteiger partial charge in [0.25, 0.3) is 0 Å². The number of allylic oxidation sites excluding steroid dienone is 1. The van der Waals surface area contributed by atoms with E-state index in [4.69, 9.17) is 0 Å². The van der Waals surface area contributed by atoms with Gasteiger partial charge in [0.2, 0.25) is 0 Å². The van der Waals surface area contributed by atoms with Crippen molar-refractivity contribution < 1.29 is 4.79 Å². The van der Waals surface area contributed by atoms with E-state index in [1.165, 1.54) is 0 Å². The third-order valence-electron chi connectivity index (χ3n) is 2.77. The van der Waals surface area contributed by atoms with E-state index in [1.54, 1.807) is 0 Å². The Hall–Kier alpha value is -0.590. The maximum atomic E-state index is 11.3. The van der Waals surface area contributed by atoms with Crippen molar-refractivity contribution in [2.24, 2.45) is 17.8 Å². The highest BCUT2D eigenvalue weighted by Crippen LogP contribution is 2.33. The lowest BCUT2D eigenvalue weighted by Crippen LogP contribution is -2.19. The van der Waals surface area contributed by atoms with Gasteiger partial charge in [-0.2, -0.15) is 0 Å². The van der Waals surface area contributed by atoms with Crippen LogP contribution in [-0.2, 0) is 4.79 Å². The van der Waals surface area contributed by atoms with Gasteiger partial charge in [0.15, 0.2) is 0 Å². The van der Waals surface area contributed by atoms with E-state index in [1.807, 2.05) is 6.08 Å². The molecule has 0 unspecified atom stereocenters. The molecule has 0 aromatic rings. The predicted octanol–water partition coefficient (Wildman–Crippen LogP) is 2.42. The second-order valence-electron chi connectivity index (χ2n) is 3.60. The molecule has 1 nitrogen and oxygen atoms in total. The lowest BCUT2D eigenvalue weighted by atomic mass is 9.86. The van der Waals surface area contributed by atoms with E-state index in [-0.39, 0.29) is 5.92 Å². The van der Waals surface area contributed by atoms with Gasteiger partial charge in [-0.1, -0.05) is 19.9 Å². The van der Waals surface area contributed by atoms with Crippen molar-refractivity contribution in [1.29, 1.82) is 0 Å². The fourth-order valence-corrected chi connectivity index (χ4v) is 1.99. The van der Waals surface area contributed by atoms with Crippen LogP contribution in [0.4, 0.5) is 0 Å². The minimum atomic E-state index is 0.257. The highest BCUT2D eigenvalue weighted by atomic mass is 16.1. The van der Waals surface area contributed by atoms with Gasteiger partial charge >= 0.3 is 0 Å². The summed E-state index contributed by atoms with van der Waals surface area (Å²) in [5.41, 5.74) is 0. The molecule has 0 aromatic carbocycles. The molecule has 1 heteroatoms. The Bertz CT molecular complexity index is 172. The maximum Gasteiger partial charge on any atom is 0.136 e. The summed E-state index contributed by atoms with van der Waals surface area (Å²) in [6, 6.07) is 0. The summed E-state index contributed by atoms with van der Waals surface area (Å²) < 4.78 is 0. The number of ketones is 1. The largest absolute Gasteiger partial charge is 0.299 e. The number of carbonyl (C=O) groups excluding carboxylic acids is 1. The molecular weight excluding hydrogens is 136 g/mol. The lowest BCUT2D eigenvalue weighted by Gasteiger charge is -2.18. The monoisotopic (exact) mass is 152 g/mol. The van der Waals surface area contributed by atoms with Crippen molar-refractivity contribution in [2.75, 3.05) is 0 Å². The Balaban J connectivity index is 2.67. The molecule has 0 radical (unpaired) electrons. The normalized spacial score (nSPS) is 33.8. The fourth-order valence-electron chi connectivity index (χ4n) is 1.99. The summed E-state index contributed by atoms with van der Waals surface area (Å²) in [6.45, 7) is 7.96. The molecule has 0 heterocycles. The molecular formula is C10H16O. The first-order valence-corrected chi connectivity index (χ1v) is 4.32. The van der Waals surface area contributed by atoms with Gasteiger partial charge in [-0.25, -0.2) is 0 Å². The summed E-state index contributed by atoms with van der Waals surface area (Å²) in [7, 11) is 0. The molecule has 0 N–H and O–H groups in total. The highest BCUT2D eigenvalue weighted by molar-refractivity contribution is 5.83. The third kappa shape index (κ3) is 1.52. The van der Waals surface area contributed by atoms with Crippen LogP contribution >= 0.6 is 0 Å². The van der Waals surface area contributed by atoms with Crippen LogP contribution in [0.2, 0.25) is 0 Å². The Morgan fingerprint density at radius 2 is 2.36 bits per heavy atom. The number of carbonyl (C=O) groups is 1. The first-order chi connectivity index (χ1) is 5.16. The second-order valence-corrected chi connectivity index (χ2v) is 3.60. The Labute approximate surface area is 68.5 Å². The van der Waals surface area contributed by atoms with E-state index < -0.39 is 0 Å². The van der Waals surface area contributed by atoms with Crippen LogP contribution in [0.25, 0.3) is 0 Å². The number of hydrogen-bond donors (Lipinski definition) is 0. The Morgan fingerprint density at radius 3 is 2.73 bits per heavy atom. The molecule has 0 spiro atoms. The number of hydrogen-bond acceptors (Lipinski definition) is 1. The van der Waals surface area contributed by atoms with E-state index in [0.717, 1.165) is 12.8 Å². The van der Waals surface area contributed by atoms with Crippen molar-refractivity contribution in [3.05, 3.63) is 12.7 Å². The molecule has 0 aromatic heterocycles. The molecule has 1 fully saturated rings. The molecule has 0 bridgehead atoms. The first-order valence-electron chi connectivity index (χ1n) is 4.32. The average molecular weight is 152 g/mol. The van der Waals surface area contributed by atoms with Gasteiger partial charge in [0.05, 0.1) is 0 Å². The van der Waals surface area contributed by atoms with Gasteiger partial charge in [-0.3, -0.25) is 4.79 Å². The zero-order valence-electron chi connectivity index (χ0n) is 7.34. The molecule has 1 aliphatic rings. The third-order valence-corrected chi connectivity index (χ3v) is 2.77. The molecule has 3 atom stereocenters. The van der Waals surface area contributed by atoms with Crippen LogP contribution in [0.1, 0.15) is 26.7 Å². The average Bonchev–Trinajstić information content (AvgIpc) is 2.30. The Morgan fingerprint density at radius 1 is 1.73 bits per heavy atom. The SMILES string of the molecule is C=C[C@H](C)[C@@H]1C(=O)CC[C@H]1C. The zero-order chi connectivity index (χ0) is 8.43. The predicted molar refractivity (Wildman–Crippen MR) is 46.3 cm³/mol. The van der Waals surface area contributed by atoms with Crippen molar-refractivity contribution in [2.45, 2.75) is 26.7 Å². The smallest absolute Gasteiger partial charge is 0.136 e. The second kappa shape index (κ2) is 3.21. The Kier molecular flexibility index (Phi) is 2.48. The van der Waals surface area contributed by atoms with Gasteiger partial charge in [-0.05, 0) is 18.3 Å². The first kappa shape index (κ1) is 8.51. The maximum absolute atomic E-state index is 11.3. The molecule has 1 aliphatic carbocycles. The van der Waals surface area contributed by atoms with Crippen molar-refractivity contribution in [3.63, 3.8) is 0 Å². The quantitative estimate of drug-likeness (QED) is 0.555. The van der Waals surface area contributed by atoms with Crippen LogP contribution < -0.4 is 0 Å². The topological polar surface area (TPSA) is 17.1 Å². The number of Topliss-reactive ketones (excluding diaryl/α,β-unsaturated/α-hetero) is 1. The van der Waals surface area contributed by atoms with E-state index in [9.17, 15) is 4.79 Å². The summed E-state index contributed by atoms with van der Waals surface area (Å²) in [5.74, 6) is 1.62. The van der Waals surface area contributed by atoms with Gasteiger partial charge in [0.1, 0.15) is 5.78 Å². The molecule has 1 rings (SSSR count). The van der Waals surface area contributed by atoms with Gasteiger partial charge in [0, 0.05) is 12.3 Å². The van der Waals surface area contributed by atoms with Crippen LogP contribution in [-0.4, -0.2) is 5.78 Å². The van der Waals surface area contributed by atoms with Crippen molar-refractivity contribution in [3.8, 4) is 0 Å². The van der Waals surface area contributed by atoms with Crippen molar-refractivity contribution >= 4 is 5.78 Å². The summed E-state index contributed by atoms with van der Waals surface area (Å²) in [5, 5.41) is 0. The summed E-state index contributed by atoms with van der Waals surface area (Å²) in [6.07, 6.45) is 3.75. The molecule has 11 heavy (non-hydrogen) atoms. The van der Waals surface area contributed by atoms with Gasteiger partial charge < -0.3 is 0 Å². The van der Waals surface area contributed by atoms with E-state index in [0.29, 0.717) is 17.6 Å². The molecule has 1 saturated carbocycles. The van der Waals surface area contributed by atoms with Gasteiger partial charge in [-0.15, -0.1) is 6.58 Å². The number of rotatable bonds is 2. The zero-order valence-corrected chi connectivity index (χ0v) is 7.34. The molecule has 62 valence electrons. The van der Waals surface area contributed by atoms with Crippen LogP contribution in [0, 0.1) is 17.8 Å². The molecule has 0 amide bonds. The fraction of sp³-hybridized carbons (Fsp3) is 0.700. The molecule has 0 saturated heterocycles. The summed E-state index contributed by atoms with van der Waals surface area (Å²) >= 11 is 0. The standard InChI is InChI=1S/C10H16O/c1-4-7(2)10-8(3)5-6-9(10)11/h4,7-8,10H,1,5-6H2,2-3H3/t7-,8+,10-/m0/s1.